The second-order valence-electron chi connectivity index (χ2n) is 3.96. The molecular weight excluding hydrogens is 196 g/mol. The van der Waals surface area contributed by atoms with Crippen molar-refractivity contribution in [1.82, 2.24) is 10.3 Å². The van der Waals surface area contributed by atoms with E-state index < -0.39 is 0 Å². The molecular formula is C11H17ClN2. The molecule has 0 unspecified atom stereocenters. The zero-order valence-corrected chi connectivity index (χ0v) is 9.51. The normalized spacial score (nSPS) is 11.6. The summed E-state index contributed by atoms with van der Waals surface area (Å²) in [5, 5.41) is 3.30. The van der Waals surface area contributed by atoms with Crippen LogP contribution in [0.15, 0.2) is 24.4 Å². The van der Waals surface area contributed by atoms with Gasteiger partial charge in [0.05, 0.1) is 0 Å². The molecule has 2 nitrogen and oxygen atoms in total. The van der Waals surface area contributed by atoms with Crippen molar-refractivity contribution in [3.8, 4) is 0 Å². The molecule has 0 bridgehead atoms. The third-order valence-corrected chi connectivity index (χ3v) is 2.39. The van der Waals surface area contributed by atoms with Crippen molar-refractivity contribution in [1.29, 1.82) is 0 Å². The molecule has 1 rings (SSSR count). The van der Waals surface area contributed by atoms with Gasteiger partial charge in [0.25, 0.3) is 0 Å². The summed E-state index contributed by atoms with van der Waals surface area (Å²) >= 11 is 5.60. The highest BCUT2D eigenvalue weighted by atomic mass is 35.5. The molecule has 3 heteroatoms. The maximum Gasteiger partial charge on any atom is 0.0472 e. The Balaban J connectivity index is 2.56. The molecule has 0 aromatic carbocycles. The minimum absolute atomic E-state index is 0.0628. The Morgan fingerprint density at radius 1 is 1.43 bits per heavy atom. The Kier molecular flexibility index (Phi) is 4.36. The molecule has 0 saturated heterocycles. The zero-order chi connectivity index (χ0) is 10.4. The fourth-order valence-corrected chi connectivity index (χ4v) is 1.45. The summed E-state index contributed by atoms with van der Waals surface area (Å²) in [7, 11) is 0. The minimum atomic E-state index is 0.0628. The Hall–Kier alpha value is -0.600. The lowest BCUT2D eigenvalue weighted by Crippen LogP contribution is -2.34. The topological polar surface area (TPSA) is 24.9 Å². The Morgan fingerprint density at radius 3 is 2.79 bits per heavy atom. The number of hydrogen-bond acceptors (Lipinski definition) is 2. The van der Waals surface area contributed by atoms with Crippen LogP contribution in [0.4, 0.5) is 0 Å². The van der Waals surface area contributed by atoms with Crippen LogP contribution in [0.2, 0.25) is 0 Å². The van der Waals surface area contributed by atoms with E-state index >= 15 is 0 Å². The molecule has 0 aliphatic rings. The molecule has 0 aliphatic carbocycles. The number of nitrogens with one attached hydrogen (secondary N) is 1. The second-order valence-corrected chi connectivity index (χ2v) is 4.34. The minimum Gasteiger partial charge on any atom is -0.315 e. The number of aromatic nitrogens is 1. The van der Waals surface area contributed by atoms with Crippen LogP contribution in [0, 0.1) is 0 Å². The smallest absolute Gasteiger partial charge is 0.0472 e. The number of rotatable bonds is 5. The summed E-state index contributed by atoms with van der Waals surface area (Å²) in [6.07, 6.45) is 1.83. The van der Waals surface area contributed by atoms with Crippen LogP contribution in [0.5, 0.6) is 0 Å². The molecule has 14 heavy (non-hydrogen) atoms. The monoisotopic (exact) mass is 212 g/mol. The maximum atomic E-state index is 5.60. The molecule has 0 atom stereocenters. The molecule has 0 radical (unpaired) electrons. The molecule has 1 aromatic rings. The SMILES string of the molecule is CC(C)(CNCCCl)c1ccccn1. The van der Waals surface area contributed by atoms with E-state index in [-0.39, 0.29) is 5.41 Å². The third kappa shape index (κ3) is 3.28. The van der Waals surface area contributed by atoms with Crippen molar-refractivity contribution in [2.75, 3.05) is 19.0 Å². The highest BCUT2D eigenvalue weighted by molar-refractivity contribution is 6.18. The van der Waals surface area contributed by atoms with Gasteiger partial charge in [-0.1, -0.05) is 19.9 Å². The zero-order valence-electron chi connectivity index (χ0n) is 8.76. The number of hydrogen-bond donors (Lipinski definition) is 1. The van der Waals surface area contributed by atoms with E-state index in [9.17, 15) is 0 Å². The molecule has 78 valence electrons. The van der Waals surface area contributed by atoms with Gasteiger partial charge < -0.3 is 5.32 Å². The van der Waals surface area contributed by atoms with Crippen LogP contribution < -0.4 is 5.32 Å². The van der Waals surface area contributed by atoms with Crippen molar-refractivity contribution in [3.05, 3.63) is 30.1 Å². The number of alkyl halides is 1. The Morgan fingerprint density at radius 2 is 2.21 bits per heavy atom. The predicted molar refractivity (Wildman–Crippen MR) is 60.9 cm³/mol. The fourth-order valence-electron chi connectivity index (χ4n) is 1.32. The van der Waals surface area contributed by atoms with E-state index in [1.165, 1.54) is 0 Å². The van der Waals surface area contributed by atoms with Gasteiger partial charge in [0.2, 0.25) is 0 Å². The van der Waals surface area contributed by atoms with Gasteiger partial charge in [0.1, 0.15) is 0 Å². The van der Waals surface area contributed by atoms with Gasteiger partial charge in [-0.15, -0.1) is 11.6 Å². The molecule has 1 aromatic heterocycles. The van der Waals surface area contributed by atoms with Crippen molar-refractivity contribution < 1.29 is 0 Å². The lowest BCUT2D eigenvalue weighted by Gasteiger charge is -2.24. The van der Waals surface area contributed by atoms with E-state index in [4.69, 9.17) is 11.6 Å². The molecule has 0 spiro atoms. The van der Waals surface area contributed by atoms with E-state index in [2.05, 4.69) is 30.2 Å². The van der Waals surface area contributed by atoms with Crippen LogP contribution in [-0.4, -0.2) is 24.0 Å². The fraction of sp³-hybridized carbons (Fsp3) is 0.545. The van der Waals surface area contributed by atoms with E-state index in [0.717, 1.165) is 18.8 Å². The first-order valence-electron chi connectivity index (χ1n) is 4.85. The van der Waals surface area contributed by atoms with Gasteiger partial charge in [-0.05, 0) is 12.1 Å². The van der Waals surface area contributed by atoms with Crippen molar-refractivity contribution in [3.63, 3.8) is 0 Å². The first-order chi connectivity index (χ1) is 6.67. The van der Waals surface area contributed by atoms with E-state index in [1.807, 2.05) is 18.3 Å². The summed E-state index contributed by atoms with van der Waals surface area (Å²) in [6, 6.07) is 6.01. The van der Waals surface area contributed by atoms with Crippen molar-refractivity contribution in [2.24, 2.45) is 0 Å². The van der Waals surface area contributed by atoms with Crippen LogP contribution in [0.1, 0.15) is 19.5 Å². The first-order valence-corrected chi connectivity index (χ1v) is 5.38. The third-order valence-electron chi connectivity index (χ3n) is 2.20. The number of pyridine rings is 1. The largest absolute Gasteiger partial charge is 0.315 e. The van der Waals surface area contributed by atoms with Gasteiger partial charge in [-0.25, -0.2) is 0 Å². The van der Waals surface area contributed by atoms with Gasteiger partial charge in [0, 0.05) is 36.3 Å². The highest BCUT2D eigenvalue weighted by Gasteiger charge is 2.20. The summed E-state index contributed by atoms with van der Waals surface area (Å²) < 4.78 is 0. The van der Waals surface area contributed by atoms with Crippen molar-refractivity contribution >= 4 is 11.6 Å². The highest BCUT2D eigenvalue weighted by Crippen LogP contribution is 2.19. The lowest BCUT2D eigenvalue weighted by atomic mass is 9.89. The number of halogens is 1. The van der Waals surface area contributed by atoms with Crippen molar-refractivity contribution in [2.45, 2.75) is 19.3 Å². The maximum absolute atomic E-state index is 5.60. The summed E-state index contributed by atoms with van der Waals surface area (Å²) in [5.41, 5.74) is 1.18. The van der Waals surface area contributed by atoms with Crippen LogP contribution >= 0.6 is 11.6 Å². The Bertz CT molecular complexity index is 259. The number of nitrogens with zero attached hydrogens (tertiary/aromatic N) is 1. The van der Waals surface area contributed by atoms with E-state index in [0.29, 0.717) is 5.88 Å². The standard InChI is InChI=1S/C11H17ClN2/c1-11(2,9-13-8-6-12)10-5-3-4-7-14-10/h3-5,7,13H,6,8-9H2,1-2H3. The van der Waals surface area contributed by atoms with Gasteiger partial charge in [-0.3, -0.25) is 4.98 Å². The quantitative estimate of drug-likeness (QED) is 0.598. The lowest BCUT2D eigenvalue weighted by molar-refractivity contribution is 0.466. The molecule has 0 amide bonds. The van der Waals surface area contributed by atoms with Gasteiger partial charge >= 0.3 is 0 Å². The predicted octanol–water partition coefficient (Wildman–Crippen LogP) is 2.19. The van der Waals surface area contributed by atoms with Crippen LogP contribution in [-0.2, 0) is 5.41 Å². The average molecular weight is 213 g/mol. The summed E-state index contributed by atoms with van der Waals surface area (Å²) in [6.45, 7) is 6.10. The summed E-state index contributed by atoms with van der Waals surface area (Å²) in [4.78, 5) is 4.36. The van der Waals surface area contributed by atoms with Crippen LogP contribution in [0.25, 0.3) is 0 Å². The molecule has 1 N–H and O–H groups in total. The average Bonchev–Trinajstić information content (AvgIpc) is 2.19. The molecule has 0 saturated carbocycles. The van der Waals surface area contributed by atoms with E-state index in [1.54, 1.807) is 0 Å². The van der Waals surface area contributed by atoms with Gasteiger partial charge in [-0.2, -0.15) is 0 Å². The molecule has 0 aliphatic heterocycles. The molecule has 1 heterocycles. The second kappa shape index (κ2) is 5.32. The van der Waals surface area contributed by atoms with Gasteiger partial charge in [0.15, 0.2) is 0 Å². The summed E-state index contributed by atoms with van der Waals surface area (Å²) in [5.74, 6) is 0.651. The molecule has 0 fully saturated rings. The first kappa shape index (κ1) is 11.5. The Labute approximate surface area is 90.7 Å². The van der Waals surface area contributed by atoms with Crippen LogP contribution in [0.3, 0.4) is 0 Å².